The minimum Gasteiger partial charge on any atom is -0.480 e. The van der Waals surface area contributed by atoms with E-state index in [2.05, 4.69) is 0 Å². The number of carboxylic acid groups (broad SMARTS) is 2. The van der Waals surface area contributed by atoms with Crippen LogP contribution in [0.4, 0.5) is 0 Å². The lowest BCUT2D eigenvalue weighted by molar-refractivity contribution is -0.176. The number of rotatable bonds is 8. The third-order valence-corrected chi connectivity index (χ3v) is 3.94. The van der Waals surface area contributed by atoms with Crippen LogP contribution >= 0.6 is 0 Å². The molecule has 0 heterocycles. The van der Waals surface area contributed by atoms with Crippen LogP contribution < -0.4 is 11.5 Å². The second-order valence-corrected chi connectivity index (χ2v) is 8.19. The molecule has 0 aliphatic carbocycles. The van der Waals surface area contributed by atoms with Gasteiger partial charge >= 0.3 is 11.9 Å². The molecule has 0 spiro atoms. The minimum absolute atomic E-state index is 0. The molecule has 10 N–H and O–H groups in total. The molecule has 0 fully saturated rings. The fraction of sp³-hybridized carbons (Fsp3) is 0.818. The Morgan fingerprint density at radius 1 is 1.04 bits per heavy atom. The number of aliphatic carboxylic acids is 2. The quantitative estimate of drug-likeness (QED) is 0.184. The molecule has 0 aromatic rings. The Hall–Kier alpha value is -1.16. The van der Waals surface area contributed by atoms with Gasteiger partial charge in [0.2, 0.25) is 0 Å². The first kappa shape index (κ1) is 35.0. The molecule has 0 aromatic heterocycles. The van der Waals surface area contributed by atoms with Crippen LogP contribution in [0.25, 0.3) is 0 Å². The first-order chi connectivity index (χ1) is 10.4. The highest BCUT2D eigenvalue weighted by Gasteiger charge is 2.13. The Kier molecular flexibility index (Phi) is 26.9. The van der Waals surface area contributed by atoms with Crippen LogP contribution in [-0.4, -0.2) is 86.9 Å². The molecule has 25 heavy (non-hydrogen) atoms. The van der Waals surface area contributed by atoms with E-state index in [-0.39, 0.29) is 31.5 Å². The zero-order chi connectivity index (χ0) is 19.2. The Morgan fingerprint density at radius 2 is 1.36 bits per heavy atom. The summed E-state index contributed by atoms with van der Waals surface area (Å²) in [6.45, 7) is 0. The molecule has 3 atom stereocenters. The van der Waals surface area contributed by atoms with Crippen molar-refractivity contribution >= 4 is 32.6 Å². The molecule has 0 rings (SSSR count). The largest absolute Gasteiger partial charge is 0.480 e. The van der Waals surface area contributed by atoms with Crippen molar-refractivity contribution in [3.63, 3.8) is 0 Å². The van der Waals surface area contributed by atoms with Gasteiger partial charge in [-0.05, 0) is 12.8 Å². The lowest BCUT2D eigenvalue weighted by Crippen LogP contribution is -2.32. The zero-order valence-electron chi connectivity index (χ0n) is 13.3. The minimum atomic E-state index is -3.10. The average molecular weight is 414 g/mol. The van der Waals surface area contributed by atoms with Gasteiger partial charge in [-0.1, -0.05) is 7.43 Å². The maximum absolute atomic E-state index is 10.5. The van der Waals surface area contributed by atoms with E-state index in [1.807, 2.05) is 0 Å². The summed E-state index contributed by atoms with van der Waals surface area (Å²) in [4.78, 5) is 20.2. The van der Waals surface area contributed by atoms with E-state index < -0.39 is 44.7 Å². The summed E-state index contributed by atoms with van der Waals surface area (Å²) in [5.41, 5.74) is 10.2. The first-order valence-corrected chi connectivity index (χ1v) is 9.80. The number of carboxylic acids is 2. The Morgan fingerprint density at radius 3 is 1.60 bits per heavy atom. The van der Waals surface area contributed by atoms with Crippen molar-refractivity contribution < 1.29 is 48.4 Å². The number of hydrogen-bond donors (Lipinski definition) is 6. The lowest BCUT2D eigenvalue weighted by Gasteiger charge is -2.03. The van der Waals surface area contributed by atoms with E-state index in [1.165, 1.54) is 6.26 Å². The fourth-order valence-electron chi connectivity index (χ4n) is 0.881. The highest BCUT2D eigenvalue weighted by atomic mass is 32.2. The summed E-state index contributed by atoms with van der Waals surface area (Å²) in [5.74, 6) is -2.03. The second-order valence-electron chi connectivity index (χ2n) is 4.37. The molecule has 0 amide bonds. The van der Waals surface area contributed by atoms with Gasteiger partial charge in [0.05, 0.1) is 5.75 Å². The summed E-state index contributed by atoms with van der Waals surface area (Å²) in [7, 11) is -4.04. The van der Waals surface area contributed by atoms with E-state index in [1.54, 1.807) is 0 Å². The molecule has 12 nitrogen and oxygen atoms in total. The van der Waals surface area contributed by atoms with Gasteiger partial charge in [-0.25, -0.2) is 8.42 Å². The lowest BCUT2D eigenvalue weighted by atomic mass is 10.2. The molecule has 0 aliphatic rings. The molecule has 3 unspecified atom stereocenters. The van der Waals surface area contributed by atoms with Crippen LogP contribution in [0.5, 0.6) is 0 Å². The van der Waals surface area contributed by atoms with E-state index >= 15 is 0 Å². The SMILES string of the molecule is C.CS(=O)(=O)CCC(N)C(=O)O.CS(=O)CCC(N)C(=O)O.O.OO. The summed E-state index contributed by atoms with van der Waals surface area (Å²) < 4.78 is 31.5. The van der Waals surface area contributed by atoms with Crippen molar-refractivity contribution in [3.05, 3.63) is 0 Å². The van der Waals surface area contributed by atoms with Crippen LogP contribution in [-0.2, 0) is 30.2 Å². The number of carbonyl (C=O) groups is 2. The molecule has 0 bridgehead atoms. The topological polar surface area (TPSA) is 250 Å². The van der Waals surface area contributed by atoms with Gasteiger partial charge in [0, 0.05) is 29.1 Å². The van der Waals surface area contributed by atoms with Crippen LogP contribution in [0.3, 0.4) is 0 Å². The van der Waals surface area contributed by atoms with Gasteiger partial charge in [-0.3, -0.25) is 24.3 Å². The van der Waals surface area contributed by atoms with Gasteiger partial charge < -0.3 is 27.2 Å². The first-order valence-electron chi connectivity index (χ1n) is 6.01. The third-order valence-electron chi connectivity index (χ3n) is 2.15. The van der Waals surface area contributed by atoms with E-state index in [0.717, 1.165) is 6.26 Å². The summed E-state index contributed by atoms with van der Waals surface area (Å²) in [6, 6.07) is -1.95. The van der Waals surface area contributed by atoms with Gasteiger partial charge in [0.15, 0.2) is 0 Å². The van der Waals surface area contributed by atoms with Crippen molar-refractivity contribution in [2.75, 3.05) is 24.0 Å². The maximum Gasteiger partial charge on any atom is 0.320 e. The van der Waals surface area contributed by atoms with Crippen LogP contribution in [0.2, 0.25) is 0 Å². The van der Waals surface area contributed by atoms with Crippen LogP contribution in [0.15, 0.2) is 0 Å². The van der Waals surface area contributed by atoms with E-state index in [0.29, 0.717) is 5.75 Å². The molecule has 156 valence electrons. The molecule has 0 saturated heterocycles. The average Bonchev–Trinajstić information content (AvgIpc) is 2.43. The smallest absolute Gasteiger partial charge is 0.320 e. The molecule has 0 radical (unpaired) electrons. The third kappa shape index (κ3) is 31.2. The predicted molar refractivity (Wildman–Crippen MR) is 94.7 cm³/mol. The Labute approximate surface area is 149 Å². The van der Waals surface area contributed by atoms with Crippen molar-refractivity contribution in [1.82, 2.24) is 0 Å². The highest BCUT2D eigenvalue weighted by Crippen LogP contribution is 1.93. The molecular formula is C11H30N2O10S2. The summed E-state index contributed by atoms with van der Waals surface area (Å²) in [5, 5.41) is 28.5. The van der Waals surface area contributed by atoms with E-state index in [4.69, 9.17) is 32.2 Å². The van der Waals surface area contributed by atoms with Crippen LogP contribution in [0.1, 0.15) is 20.3 Å². The van der Waals surface area contributed by atoms with Gasteiger partial charge in [0.25, 0.3) is 0 Å². The molecule has 14 heteroatoms. The monoisotopic (exact) mass is 414 g/mol. The van der Waals surface area contributed by atoms with Crippen molar-refractivity contribution in [3.8, 4) is 0 Å². The van der Waals surface area contributed by atoms with Crippen LogP contribution in [0, 0.1) is 0 Å². The number of hydrogen-bond acceptors (Lipinski definition) is 9. The van der Waals surface area contributed by atoms with E-state index in [9.17, 15) is 22.2 Å². The Bertz CT molecular complexity index is 469. The van der Waals surface area contributed by atoms with Gasteiger partial charge in [-0.15, -0.1) is 0 Å². The summed E-state index contributed by atoms with van der Waals surface area (Å²) >= 11 is 0. The standard InChI is InChI=1S/C5H11NO4S.C5H11NO3S.CH4.H2O2.H2O/c1-11(9,10)3-2-4(6)5(7)8;1-10(9)3-2-4(6)5(7)8;;1-2;/h4H,2-3,6H2,1H3,(H,7,8);4H,2-3,6H2,1H3,(H,7,8);1H4;1-2H;1H2. The molecule has 0 aliphatic heterocycles. The van der Waals surface area contributed by atoms with Crippen molar-refractivity contribution in [1.29, 1.82) is 0 Å². The Balaban J connectivity index is -0.0000000905. The predicted octanol–water partition coefficient (Wildman–Crippen LogP) is -2.17. The number of nitrogens with two attached hydrogens (primary N) is 2. The second kappa shape index (κ2) is 19.2. The van der Waals surface area contributed by atoms with Gasteiger partial charge in [0.1, 0.15) is 21.9 Å². The number of sulfone groups is 1. The van der Waals surface area contributed by atoms with Gasteiger partial charge in [-0.2, -0.15) is 0 Å². The van der Waals surface area contributed by atoms with Crippen molar-refractivity contribution in [2.45, 2.75) is 32.4 Å². The summed E-state index contributed by atoms with van der Waals surface area (Å²) in [6.07, 6.45) is 2.81. The molecule has 0 saturated carbocycles. The maximum atomic E-state index is 10.5. The fourth-order valence-corrected chi connectivity index (χ4v) is 2.15. The molecular weight excluding hydrogens is 384 g/mol. The van der Waals surface area contributed by atoms with Crippen molar-refractivity contribution in [2.24, 2.45) is 11.5 Å². The highest BCUT2D eigenvalue weighted by molar-refractivity contribution is 7.90. The molecule has 0 aromatic carbocycles. The normalized spacial score (nSPS) is 13.0. The zero-order valence-corrected chi connectivity index (χ0v) is 14.9.